The van der Waals surface area contributed by atoms with Crippen molar-refractivity contribution in [2.24, 2.45) is 0 Å². The zero-order valence-electron chi connectivity index (χ0n) is 12.5. The third kappa shape index (κ3) is 6.04. The van der Waals surface area contributed by atoms with Crippen molar-refractivity contribution in [3.63, 3.8) is 0 Å². The van der Waals surface area contributed by atoms with Gasteiger partial charge in [0, 0.05) is 24.7 Å². The molecule has 1 atom stereocenters. The van der Waals surface area contributed by atoms with E-state index >= 15 is 0 Å². The van der Waals surface area contributed by atoms with Crippen LogP contribution in [0, 0.1) is 0 Å². The highest BCUT2D eigenvalue weighted by Crippen LogP contribution is 2.13. The lowest BCUT2D eigenvalue weighted by atomic mass is 10.1. The molecule has 0 bridgehead atoms. The highest BCUT2D eigenvalue weighted by atomic mass is 35.5. The van der Waals surface area contributed by atoms with Crippen LogP contribution in [-0.4, -0.2) is 43.7 Å². The van der Waals surface area contributed by atoms with E-state index in [4.69, 9.17) is 16.3 Å². The Morgan fingerprint density at radius 1 is 1.48 bits per heavy atom. The summed E-state index contributed by atoms with van der Waals surface area (Å²) in [6.45, 7) is 2.55. The van der Waals surface area contributed by atoms with Crippen molar-refractivity contribution in [1.82, 2.24) is 10.2 Å². The first-order valence-electron chi connectivity index (χ1n) is 7.45. The number of rotatable bonds is 6. The van der Waals surface area contributed by atoms with E-state index in [2.05, 4.69) is 5.32 Å². The summed E-state index contributed by atoms with van der Waals surface area (Å²) in [7, 11) is 1.96. The average molecular weight is 311 g/mol. The van der Waals surface area contributed by atoms with Crippen LogP contribution in [0.2, 0.25) is 5.02 Å². The molecule has 5 heteroatoms. The van der Waals surface area contributed by atoms with E-state index in [1.54, 1.807) is 0 Å². The van der Waals surface area contributed by atoms with Gasteiger partial charge in [0.1, 0.15) is 0 Å². The second kappa shape index (κ2) is 8.37. The van der Waals surface area contributed by atoms with Gasteiger partial charge in [0.2, 0.25) is 5.91 Å². The van der Waals surface area contributed by atoms with E-state index in [-0.39, 0.29) is 12.0 Å². The number of ether oxygens (including phenoxy) is 1. The molecule has 1 saturated heterocycles. The van der Waals surface area contributed by atoms with Crippen molar-refractivity contribution in [2.75, 3.05) is 26.7 Å². The van der Waals surface area contributed by atoms with Crippen LogP contribution in [0.4, 0.5) is 0 Å². The first-order chi connectivity index (χ1) is 10.1. The maximum atomic E-state index is 11.9. The fourth-order valence-electron chi connectivity index (χ4n) is 2.51. The first-order valence-corrected chi connectivity index (χ1v) is 7.82. The molecule has 1 aliphatic rings. The summed E-state index contributed by atoms with van der Waals surface area (Å²) in [5, 5.41) is 3.60. The normalized spacial score (nSPS) is 18.7. The molecule has 0 saturated carbocycles. The number of hydrogen-bond acceptors (Lipinski definition) is 3. The predicted octanol–water partition coefficient (Wildman–Crippen LogP) is 2.46. The van der Waals surface area contributed by atoms with Crippen LogP contribution >= 0.6 is 11.6 Å². The SMILES string of the molecule is CN(CC(=O)NCc1cccc(Cl)c1)CC1CCCCO1. The minimum absolute atomic E-state index is 0.0216. The highest BCUT2D eigenvalue weighted by Gasteiger charge is 2.17. The highest BCUT2D eigenvalue weighted by molar-refractivity contribution is 6.30. The molecule has 21 heavy (non-hydrogen) atoms. The van der Waals surface area contributed by atoms with Gasteiger partial charge in [-0.2, -0.15) is 0 Å². The summed E-state index contributed by atoms with van der Waals surface area (Å²) < 4.78 is 5.68. The third-order valence-corrected chi connectivity index (χ3v) is 3.82. The summed E-state index contributed by atoms with van der Waals surface area (Å²) in [5.74, 6) is 0.0216. The van der Waals surface area contributed by atoms with Gasteiger partial charge in [-0.15, -0.1) is 0 Å². The summed E-state index contributed by atoms with van der Waals surface area (Å²) >= 11 is 5.92. The molecule has 1 aromatic carbocycles. The molecule has 0 aromatic heterocycles. The molecule has 1 amide bonds. The quantitative estimate of drug-likeness (QED) is 0.877. The molecule has 1 unspecified atom stereocenters. The Hall–Kier alpha value is -1.10. The number of benzene rings is 1. The van der Waals surface area contributed by atoms with Crippen molar-refractivity contribution < 1.29 is 9.53 Å². The Morgan fingerprint density at radius 3 is 3.05 bits per heavy atom. The number of likely N-dealkylation sites (N-methyl/N-ethyl adjacent to an activating group) is 1. The van der Waals surface area contributed by atoms with E-state index < -0.39 is 0 Å². The molecule has 1 N–H and O–H groups in total. The zero-order valence-corrected chi connectivity index (χ0v) is 13.2. The van der Waals surface area contributed by atoms with Crippen molar-refractivity contribution >= 4 is 17.5 Å². The van der Waals surface area contributed by atoms with Crippen molar-refractivity contribution in [3.8, 4) is 0 Å². The number of hydrogen-bond donors (Lipinski definition) is 1. The van der Waals surface area contributed by atoms with Gasteiger partial charge in [-0.3, -0.25) is 9.69 Å². The van der Waals surface area contributed by atoms with E-state index in [1.807, 2.05) is 36.2 Å². The minimum atomic E-state index is 0.0216. The van der Waals surface area contributed by atoms with Crippen molar-refractivity contribution in [1.29, 1.82) is 0 Å². The van der Waals surface area contributed by atoms with E-state index in [1.165, 1.54) is 6.42 Å². The summed E-state index contributed by atoms with van der Waals surface area (Å²) in [5.41, 5.74) is 1.01. The minimum Gasteiger partial charge on any atom is -0.377 e. The summed E-state index contributed by atoms with van der Waals surface area (Å²) in [6.07, 6.45) is 3.73. The molecule has 1 aliphatic heterocycles. The lowest BCUT2D eigenvalue weighted by Gasteiger charge is -2.27. The van der Waals surface area contributed by atoms with Gasteiger partial charge in [-0.1, -0.05) is 23.7 Å². The smallest absolute Gasteiger partial charge is 0.234 e. The van der Waals surface area contributed by atoms with Crippen LogP contribution < -0.4 is 5.32 Å². The van der Waals surface area contributed by atoms with E-state index in [0.717, 1.165) is 31.6 Å². The molecule has 2 rings (SSSR count). The standard InChI is InChI=1S/C16H23ClN2O2/c1-19(11-15-7-2-3-8-21-15)12-16(20)18-10-13-5-4-6-14(17)9-13/h4-6,9,15H,2-3,7-8,10-12H2,1H3,(H,18,20). The van der Waals surface area contributed by atoms with Gasteiger partial charge in [-0.25, -0.2) is 0 Å². The summed E-state index contributed by atoms with van der Waals surface area (Å²) in [4.78, 5) is 13.9. The number of nitrogens with one attached hydrogen (secondary N) is 1. The lowest BCUT2D eigenvalue weighted by molar-refractivity contribution is -0.122. The Bertz CT molecular complexity index is 461. The topological polar surface area (TPSA) is 41.6 Å². The van der Waals surface area contributed by atoms with Gasteiger partial charge < -0.3 is 10.1 Å². The zero-order chi connectivity index (χ0) is 15.1. The van der Waals surface area contributed by atoms with Gasteiger partial charge in [0.25, 0.3) is 0 Å². The van der Waals surface area contributed by atoms with Gasteiger partial charge >= 0.3 is 0 Å². The van der Waals surface area contributed by atoms with Crippen molar-refractivity contribution in [2.45, 2.75) is 31.9 Å². The molecule has 1 fully saturated rings. The Kier molecular flexibility index (Phi) is 6.49. The average Bonchev–Trinajstić information content (AvgIpc) is 2.46. The second-order valence-electron chi connectivity index (χ2n) is 5.59. The van der Waals surface area contributed by atoms with Crippen LogP contribution in [0.1, 0.15) is 24.8 Å². The number of carbonyl (C=O) groups excluding carboxylic acids is 1. The fraction of sp³-hybridized carbons (Fsp3) is 0.562. The van der Waals surface area contributed by atoms with Gasteiger partial charge in [0.05, 0.1) is 12.6 Å². The third-order valence-electron chi connectivity index (χ3n) is 3.58. The van der Waals surface area contributed by atoms with Crippen LogP contribution in [0.15, 0.2) is 24.3 Å². The lowest BCUT2D eigenvalue weighted by Crippen LogP contribution is -2.39. The largest absolute Gasteiger partial charge is 0.377 e. The van der Waals surface area contributed by atoms with Gasteiger partial charge in [-0.05, 0) is 44.0 Å². The fourth-order valence-corrected chi connectivity index (χ4v) is 2.73. The first kappa shape index (κ1) is 16.3. The molecule has 0 radical (unpaired) electrons. The van der Waals surface area contributed by atoms with Gasteiger partial charge in [0.15, 0.2) is 0 Å². The molecule has 4 nitrogen and oxygen atoms in total. The predicted molar refractivity (Wildman–Crippen MR) is 84.4 cm³/mol. The summed E-state index contributed by atoms with van der Waals surface area (Å²) in [6, 6.07) is 7.52. The number of nitrogens with zero attached hydrogens (tertiary/aromatic N) is 1. The van der Waals surface area contributed by atoms with Crippen molar-refractivity contribution in [3.05, 3.63) is 34.9 Å². The van der Waals surface area contributed by atoms with Crippen LogP contribution in [0.5, 0.6) is 0 Å². The Labute approximate surface area is 131 Å². The molecular weight excluding hydrogens is 288 g/mol. The van der Waals surface area contributed by atoms with E-state index in [9.17, 15) is 4.79 Å². The Morgan fingerprint density at radius 2 is 2.33 bits per heavy atom. The molecule has 1 heterocycles. The molecule has 116 valence electrons. The number of carbonyl (C=O) groups is 1. The second-order valence-corrected chi connectivity index (χ2v) is 6.03. The number of amides is 1. The molecular formula is C16H23ClN2O2. The maximum Gasteiger partial charge on any atom is 0.234 e. The molecule has 1 aromatic rings. The molecule has 0 spiro atoms. The van der Waals surface area contributed by atoms with E-state index in [0.29, 0.717) is 18.1 Å². The molecule has 0 aliphatic carbocycles. The monoisotopic (exact) mass is 310 g/mol. The Balaban J connectivity index is 1.68. The van der Waals surface area contributed by atoms with Crippen LogP contribution in [-0.2, 0) is 16.1 Å². The van der Waals surface area contributed by atoms with Crippen LogP contribution in [0.25, 0.3) is 0 Å². The number of halogens is 1. The van der Waals surface area contributed by atoms with Crippen LogP contribution in [0.3, 0.4) is 0 Å². The maximum absolute atomic E-state index is 11.9.